The summed E-state index contributed by atoms with van der Waals surface area (Å²) < 4.78 is 0. The third-order valence-corrected chi connectivity index (χ3v) is 2.02. The van der Waals surface area contributed by atoms with Crippen molar-refractivity contribution < 1.29 is 4.84 Å². The van der Waals surface area contributed by atoms with E-state index < -0.39 is 0 Å². The first-order chi connectivity index (χ1) is 5.77. The molecule has 1 rings (SSSR count). The second-order valence-corrected chi connectivity index (χ2v) is 3.01. The average molecular weight is 186 g/mol. The summed E-state index contributed by atoms with van der Waals surface area (Å²) in [6.07, 6.45) is 0.968. The molecule has 0 aliphatic carbocycles. The van der Waals surface area contributed by atoms with E-state index in [0.717, 1.165) is 17.0 Å². The minimum Gasteiger partial charge on any atom is -0.300 e. The second-order valence-electron chi connectivity index (χ2n) is 2.58. The molecular weight excluding hydrogens is 174 g/mol. The summed E-state index contributed by atoms with van der Waals surface area (Å²) in [5.74, 6) is 4.99. The minimum absolute atomic E-state index is 0.420. The summed E-state index contributed by atoms with van der Waals surface area (Å²) in [5.41, 5.74) is 2.29. The maximum Gasteiger partial charge on any atom is 0.0933 e. The molecule has 0 spiro atoms. The molecule has 0 bridgehead atoms. The van der Waals surface area contributed by atoms with Gasteiger partial charge in [0.25, 0.3) is 0 Å². The van der Waals surface area contributed by atoms with Crippen molar-refractivity contribution in [3.05, 3.63) is 34.3 Å². The molecule has 0 amide bonds. The van der Waals surface area contributed by atoms with Crippen molar-refractivity contribution in [2.24, 2.45) is 5.90 Å². The maximum atomic E-state index is 5.81. The Labute approximate surface area is 77.2 Å². The van der Waals surface area contributed by atoms with E-state index in [1.807, 2.05) is 18.2 Å². The van der Waals surface area contributed by atoms with Gasteiger partial charge in [0.15, 0.2) is 0 Å². The lowest BCUT2D eigenvalue weighted by Gasteiger charge is -2.06. The van der Waals surface area contributed by atoms with E-state index in [0.29, 0.717) is 6.61 Å². The fraction of sp³-hybridized carbons (Fsp3) is 0.333. The molecule has 3 heteroatoms. The van der Waals surface area contributed by atoms with Crippen LogP contribution in [0.15, 0.2) is 18.2 Å². The van der Waals surface area contributed by atoms with Crippen LogP contribution in [0, 0.1) is 0 Å². The molecule has 0 heterocycles. The minimum atomic E-state index is 0.420. The Balaban J connectivity index is 2.95. The predicted molar refractivity (Wildman–Crippen MR) is 49.8 cm³/mol. The lowest BCUT2D eigenvalue weighted by molar-refractivity contribution is 0.123. The molecule has 2 nitrogen and oxygen atoms in total. The number of hydrogen-bond acceptors (Lipinski definition) is 2. The Hall–Kier alpha value is -0.570. The quantitative estimate of drug-likeness (QED) is 0.734. The number of hydrogen-bond donors (Lipinski definition) is 1. The highest BCUT2D eigenvalue weighted by atomic mass is 35.5. The molecule has 0 fully saturated rings. The highest BCUT2D eigenvalue weighted by Crippen LogP contribution is 2.16. The summed E-state index contributed by atoms with van der Waals surface area (Å²) in [7, 11) is 0. The largest absolute Gasteiger partial charge is 0.300 e. The highest BCUT2D eigenvalue weighted by Gasteiger charge is 2.00. The van der Waals surface area contributed by atoms with Crippen LogP contribution in [0.25, 0.3) is 0 Å². The molecule has 0 aliphatic rings. The molecule has 1 aromatic carbocycles. The Bertz CT molecular complexity index is 263. The van der Waals surface area contributed by atoms with Gasteiger partial charge in [0, 0.05) is 5.02 Å². The van der Waals surface area contributed by atoms with Gasteiger partial charge in [0.2, 0.25) is 0 Å². The summed E-state index contributed by atoms with van der Waals surface area (Å²) in [6, 6.07) is 5.75. The van der Waals surface area contributed by atoms with Crippen molar-refractivity contribution in [3.63, 3.8) is 0 Å². The van der Waals surface area contributed by atoms with Crippen molar-refractivity contribution in [2.75, 3.05) is 0 Å². The van der Waals surface area contributed by atoms with Crippen LogP contribution in [0.4, 0.5) is 0 Å². The van der Waals surface area contributed by atoms with Crippen LogP contribution in [-0.2, 0) is 17.9 Å². The normalized spacial score (nSPS) is 10.2. The molecule has 0 saturated heterocycles. The van der Waals surface area contributed by atoms with Gasteiger partial charge in [-0.3, -0.25) is 4.84 Å². The van der Waals surface area contributed by atoms with Crippen molar-refractivity contribution in [3.8, 4) is 0 Å². The lowest BCUT2D eigenvalue weighted by atomic mass is 10.1. The first-order valence-electron chi connectivity index (χ1n) is 3.87. The second kappa shape index (κ2) is 4.45. The van der Waals surface area contributed by atoms with E-state index in [1.54, 1.807) is 0 Å². The zero-order valence-corrected chi connectivity index (χ0v) is 7.77. The molecule has 12 heavy (non-hydrogen) atoms. The number of benzene rings is 1. The summed E-state index contributed by atoms with van der Waals surface area (Å²) in [6.45, 7) is 2.51. The third kappa shape index (κ3) is 2.21. The average Bonchev–Trinajstić information content (AvgIpc) is 2.05. The first-order valence-corrected chi connectivity index (χ1v) is 4.24. The number of nitrogens with two attached hydrogens (primary N) is 1. The molecule has 66 valence electrons. The predicted octanol–water partition coefficient (Wildman–Crippen LogP) is 2.29. The number of rotatable bonds is 3. The zero-order valence-electron chi connectivity index (χ0n) is 7.01. The van der Waals surface area contributed by atoms with Crippen molar-refractivity contribution in [1.29, 1.82) is 0 Å². The van der Waals surface area contributed by atoms with E-state index in [4.69, 9.17) is 17.5 Å². The van der Waals surface area contributed by atoms with Crippen LogP contribution in [0.1, 0.15) is 18.1 Å². The summed E-state index contributed by atoms with van der Waals surface area (Å²) in [5, 5.41) is 0.722. The van der Waals surface area contributed by atoms with Crippen LogP contribution < -0.4 is 5.90 Å². The van der Waals surface area contributed by atoms with Gasteiger partial charge in [0.1, 0.15) is 0 Å². The van der Waals surface area contributed by atoms with Crippen molar-refractivity contribution >= 4 is 11.6 Å². The highest BCUT2D eigenvalue weighted by molar-refractivity contribution is 6.30. The Morgan fingerprint density at radius 1 is 1.42 bits per heavy atom. The number of aryl methyl sites for hydroxylation is 1. The summed E-state index contributed by atoms with van der Waals surface area (Å²) >= 11 is 5.81. The molecule has 2 N–H and O–H groups in total. The Morgan fingerprint density at radius 3 is 2.75 bits per heavy atom. The molecule has 0 unspecified atom stereocenters. The van der Waals surface area contributed by atoms with E-state index in [1.165, 1.54) is 5.56 Å². The van der Waals surface area contributed by atoms with Crippen LogP contribution in [0.3, 0.4) is 0 Å². The van der Waals surface area contributed by atoms with Gasteiger partial charge in [-0.2, -0.15) is 0 Å². The zero-order chi connectivity index (χ0) is 8.97. The maximum absolute atomic E-state index is 5.81. The van der Waals surface area contributed by atoms with Gasteiger partial charge in [-0.1, -0.05) is 24.6 Å². The molecule has 0 aliphatic heterocycles. The van der Waals surface area contributed by atoms with Crippen LogP contribution in [0.2, 0.25) is 5.02 Å². The molecule has 0 aromatic heterocycles. The van der Waals surface area contributed by atoms with E-state index in [-0.39, 0.29) is 0 Å². The van der Waals surface area contributed by atoms with Gasteiger partial charge < -0.3 is 0 Å². The summed E-state index contributed by atoms with van der Waals surface area (Å²) in [4.78, 5) is 4.57. The molecule has 1 aromatic rings. The van der Waals surface area contributed by atoms with Crippen LogP contribution in [-0.4, -0.2) is 0 Å². The van der Waals surface area contributed by atoms with Crippen molar-refractivity contribution in [1.82, 2.24) is 0 Å². The van der Waals surface area contributed by atoms with Crippen LogP contribution in [0.5, 0.6) is 0 Å². The van der Waals surface area contributed by atoms with Gasteiger partial charge in [-0.25, -0.2) is 5.90 Å². The molecular formula is C9H12ClNO. The standard InChI is InChI=1S/C9H12ClNO/c1-2-7-3-4-9(10)5-8(7)6-12-11/h3-5H,2,6,11H2,1H3. The van der Waals surface area contributed by atoms with Gasteiger partial charge in [-0.15, -0.1) is 0 Å². The van der Waals surface area contributed by atoms with E-state index >= 15 is 0 Å². The van der Waals surface area contributed by atoms with Gasteiger partial charge in [-0.05, 0) is 29.7 Å². The van der Waals surface area contributed by atoms with Crippen molar-refractivity contribution in [2.45, 2.75) is 20.0 Å². The fourth-order valence-corrected chi connectivity index (χ4v) is 1.36. The lowest BCUT2D eigenvalue weighted by Crippen LogP contribution is -2.01. The monoisotopic (exact) mass is 185 g/mol. The Kier molecular flexibility index (Phi) is 3.53. The van der Waals surface area contributed by atoms with Gasteiger partial charge >= 0.3 is 0 Å². The number of halogens is 1. The van der Waals surface area contributed by atoms with Crippen LogP contribution >= 0.6 is 11.6 Å². The third-order valence-electron chi connectivity index (χ3n) is 1.79. The fourth-order valence-electron chi connectivity index (χ4n) is 1.16. The topological polar surface area (TPSA) is 35.2 Å². The molecule has 0 saturated carbocycles. The van der Waals surface area contributed by atoms with E-state index in [2.05, 4.69) is 11.8 Å². The SMILES string of the molecule is CCc1ccc(Cl)cc1CON. The smallest absolute Gasteiger partial charge is 0.0933 e. The first kappa shape index (κ1) is 9.52. The van der Waals surface area contributed by atoms with Gasteiger partial charge in [0.05, 0.1) is 6.61 Å². The van der Waals surface area contributed by atoms with E-state index in [9.17, 15) is 0 Å². The Morgan fingerprint density at radius 2 is 2.17 bits per heavy atom. The molecule has 0 atom stereocenters. The molecule has 0 radical (unpaired) electrons.